The molecule has 1 unspecified atom stereocenters. The molecule has 0 bridgehead atoms. The summed E-state index contributed by atoms with van der Waals surface area (Å²) >= 11 is 1.86. The predicted octanol–water partition coefficient (Wildman–Crippen LogP) is 0.952. The molecule has 0 aliphatic heterocycles. The molecule has 0 spiro atoms. The van der Waals surface area contributed by atoms with Gasteiger partial charge in [0.1, 0.15) is 11.6 Å². The molecule has 1 atom stereocenters. The average molecular weight is 214 g/mol. The molecule has 0 amide bonds. The minimum Gasteiger partial charge on any atom is -0.330 e. The van der Waals surface area contributed by atoms with E-state index in [9.17, 15) is 0 Å². The lowest BCUT2D eigenvalue weighted by Crippen LogP contribution is -2.13. The lowest BCUT2D eigenvalue weighted by molar-refractivity contribution is 0.675. The molecule has 14 heavy (non-hydrogen) atoms. The maximum Gasteiger partial charge on any atom is 0.142 e. The zero-order valence-corrected chi connectivity index (χ0v) is 9.84. The van der Waals surface area contributed by atoms with Gasteiger partial charge in [0.25, 0.3) is 0 Å². The van der Waals surface area contributed by atoms with Crippen LogP contribution < -0.4 is 5.73 Å². The number of aromatic nitrogens is 3. The molecule has 80 valence electrons. The highest BCUT2D eigenvalue weighted by Crippen LogP contribution is 2.13. The minimum absolute atomic E-state index is 0.578. The van der Waals surface area contributed by atoms with Crippen LogP contribution in [0.2, 0.25) is 0 Å². The number of hydrogen-bond donors (Lipinski definition) is 1. The molecule has 1 aromatic rings. The molecule has 0 saturated carbocycles. The van der Waals surface area contributed by atoms with Crippen molar-refractivity contribution in [3.63, 3.8) is 0 Å². The molecule has 1 heterocycles. The Labute approximate surface area is 89.3 Å². The highest BCUT2D eigenvalue weighted by atomic mass is 32.2. The Morgan fingerprint density at radius 1 is 1.50 bits per heavy atom. The first-order chi connectivity index (χ1) is 6.65. The molecule has 4 nitrogen and oxygen atoms in total. The monoisotopic (exact) mass is 214 g/mol. The van der Waals surface area contributed by atoms with Crippen LogP contribution in [0.3, 0.4) is 0 Å². The molecular formula is C9H18N4S. The van der Waals surface area contributed by atoms with E-state index in [2.05, 4.69) is 17.1 Å². The first-order valence-corrected chi connectivity index (χ1v) is 5.93. The zero-order valence-electron chi connectivity index (χ0n) is 9.03. The first kappa shape index (κ1) is 11.5. The molecule has 0 aliphatic carbocycles. The lowest BCUT2D eigenvalue weighted by Gasteiger charge is -2.07. The van der Waals surface area contributed by atoms with Crippen molar-refractivity contribution in [2.24, 2.45) is 18.7 Å². The average Bonchev–Trinajstić information content (AvgIpc) is 2.49. The standard InChI is InChI=1S/C9H18N4S/c1-7(4-10)5-14-6-9-12-11-8(2)13(9)3/h7H,4-6,10H2,1-3H3. The topological polar surface area (TPSA) is 56.7 Å². The van der Waals surface area contributed by atoms with Gasteiger partial charge in [-0.05, 0) is 25.1 Å². The summed E-state index contributed by atoms with van der Waals surface area (Å²) in [6, 6.07) is 0. The van der Waals surface area contributed by atoms with E-state index in [1.165, 1.54) is 0 Å². The molecule has 5 heteroatoms. The van der Waals surface area contributed by atoms with Crippen LogP contribution in [0.4, 0.5) is 0 Å². The molecule has 0 saturated heterocycles. The van der Waals surface area contributed by atoms with Gasteiger partial charge >= 0.3 is 0 Å². The first-order valence-electron chi connectivity index (χ1n) is 4.77. The quantitative estimate of drug-likeness (QED) is 0.793. The summed E-state index contributed by atoms with van der Waals surface area (Å²) in [6.45, 7) is 4.88. The summed E-state index contributed by atoms with van der Waals surface area (Å²) in [7, 11) is 2.00. The van der Waals surface area contributed by atoms with Gasteiger partial charge in [-0.1, -0.05) is 6.92 Å². The van der Waals surface area contributed by atoms with E-state index in [1.807, 2.05) is 30.3 Å². The normalized spacial score (nSPS) is 13.1. The second kappa shape index (κ2) is 5.36. The second-order valence-electron chi connectivity index (χ2n) is 3.58. The van der Waals surface area contributed by atoms with Crippen molar-refractivity contribution < 1.29 is 0 Å². The van der Waals surface area contributed by atoms with E-state index >= 15 is 0 Å². The summed E-state index contributed by atoms with van der Waals surface area (Å²) < 4.78 is 2.03. The Kier molecular flexibility index (Phi) is 4.41. The fourth-order valence-corrected chi connectivity index (χ4v) is 2.09. The van der Waals surface area contributed by atoms with Crippen LogP contribution >= 0.6 is 11.8 Å². The fraction of sp³-hybridized carbons (Fsp3) is 0.778. The molecule has 1 aromatic heterocycles. The van der Waals surface area contributed by atoms with Gasteiger partial charge in [-0.3, -0.25) is 0 Å². The minimum atomic E-state index is 0.578. The van der Waals surface area contributed by atoms with Gasteiger partial charge in [-0.25, -0.2) is 0 Å². The number of hydrogen-bond acceptors (Lipinski definition) is 4. The van der Waals surface area contributed by atoms with E-state index in [0.29, 0.717) is 5.92 Å². The van der Waals surface area contributed by atoms with E-state index < -0.39 is 0 Å². The SMILES string of the molecule is Cc1nnc(CSCC(C)CN)n1C. The number of thioether (sulfide) groups is 1. The third-order valence-electron chi connectivity index (χ3n) is 2.22. The maximum absolute atomic E-state index is 5.54. The summed E-state index contributed by atoms with van der Waals surface area (Å²) in [4.78, 5) is 0. The van der Waals surface area contributed by atoms with Crippen molar-refractivity contribution in [2.45, 2.75) is 19.6 Å². The van der Waals surface area contributed by atoms with Crippen molar-refractivity contribution >= 4 is 11.8 Å². The van der Waals surface area contributed by atoms with Crippen LogP contribution in [0, 0.1) is 12.8 Å². The van der Waals surface area contributed by atoms with Crippen LogP contribution in [-0.2, 0) is 12.8 Å². The van der Waals surface area contributed by atoms with Gasteiger partial charge in [-0.15, -0.1) is 10.2 Å². The maximum atomic E-state index is 5.54. The number of aryl methyl sites for hydroxylation is 1. The van der Waals surface area contributed by atoms with Gasteiger partial charge in [0.2, 0.25) is 0 Å². The van der Waals surface area contributed by atoms with Crippen LogP contribution in [-0.4, -0.2) is 27.1 Å². The summed E-state index contributed by atoms with van der Waals surface area (Å²) in [6.07, 6.45) is 0. The number of nitrogens with two attached hydrogens (primary N) is 1. The van der Waals surface area contributed by atoms with Gasteiger partial charge in [-0.2, -0.15) is 11.8 Å². The summed E-state index contributed by atoms with van der Waals surface area (Å²) in [5.41, 5.74) is 5.54. The van der Waals surface area contributed by atoms with E-state index in [-0.39, 0.29) is 0 Å². The third-order valence-corrected chi connectivity index (χ3v) is 3.49. The van der Waals surface area contributed by atoms with Gasteiger partial charge in [0.05, 0.1) is 5.75 Å². The van der Waals surface area contributed by atoms with E-state index in [1.54, 1.807) is 0 Å². The van der Waals surface area contributed by atoms with Crippen molar-refractivity contribution in [1.29, 1.82) is 0 Å². The van der Waals surface area contributed by atoms with Crippen LogP contribution in [0.15, 0.2) is 0 Å². The fourth-order valence-electron chi connectivity index (χ4n) is 0.996. The Balaban J connectivity index is 2.35. The van der Waals surface area contributed by atoms with E-state index in [0.717, 1.165) is 29.7 Å². The molecule has 1 rings (SSSR count). The van der Waals surface area contributed by atoms with Gasteiger partial charge in [0.15, 0.2) is 0 Å². The molecule has 0 fully saturated rings. The van der Waals surface area contributed by atoms with Crippen LogP contribution in [0.25, 0.3) is 0 Å². The molecule has 0 aromatic carbocycles. The second-order valence-corrected chi connectivity index (χ2v) is 4.61. The van der Waals surface area contributed by atoms with Gasteiger partial charge in [0, 0.05) is 7.05 Å². The van der Waals surface area contributed by atoms with Crippen LogP contribution in [0.5, 0.6) is 0 Å². The summed E-state index contributed by atoms with van der Waals surface area (Å²) in [5.74, 6) is 4.59. The smallest absolute Gasteiger partial charge is 0.142 e. The third kappa shape index (κ3) is 2.99. The van der Waals surface area contributed by atoms with Crippen molar-refractivity contribution in [3.05, 3.63) is 11.6 Å². The highest BCUT2D eigenvalue weighted by Gasteiger charge is 2.05. The molecule has 0 radical (unpaired) electrons. The molecule has 0 aliphatic rings. The number of nitrogens with zero attached hydrogens (tertiary/aromatic N) is 3. The largest absolute Gasteiger partial charge is 0.330 e. The van der Waals surface area contributed by atoms with E-state index in [4.69, 9.17) is 5.73 Å². The van der Waals surface area contributed by atoms with Crippen molar-refractivity contribution in [1.82, 2.24) is 14.8 Å². The summed E-state index contributed by atoms with van der Waals surface area (Å²) in [5, 5.41) is 8.11. The highest BCUT2D eigenvalue weighted by molar-refractivity contribution is 7.98. The Morgan fingerprint density at radius 3 is 2.71 bits per heavy atom. The Morgan fingerprint density at radius 2 is 2.21 bits per heavy atom. The van der Waals surface area contributed by atoms with Gasteiger partial charge < -0.3 is 10.3 Å². The lowest BCUT2D eigenvalue weighted by atomic mass is 10.2. The Bertz CT molecular complexity index is 284. The number of rotatable bonds is 5. The predicted molar refractivity (Wildman–Crippen MR) is 60.1 cm³/mol. The van der Waals surface area contributed by atoms with Crippen molar-refractivity contribution in [2.75, 3.05) is 12.3 Å². The zero-order chi connectivity index (χ0) is 10.6. The Hall–Kier alpha value is -0.550. The van der Waals surface area contributed by atoms with Crippen molar-refractivity contribution in [3.8, 4) is 0 Å². The van der Waals surface area contributed by atoms with Crippen LogP contribution in [0.1, 0.15) is 18.6 Å². The molecule has 2 N–H and O–H groups in total. The molecular weight excluding hydrogens is 196 g/mol.